The number of rotatable bonds is 6. The van der Waals surface area contributed by atoms with Crippen LogP contribution in [0.5, 0.6) is 11.5 Å². The van der Waals surface area contributed by atoms with Crippen LogP contribution < -0.4 is 10.1 Å². The molecule has 0 unspecified atom stereocenters. The van der Waals surface area contributed by atoms with Gasteiger partial charge in [-0.15, -0.1) is 0 Å². The highest BCUT2D eigenvalue weighted by Crippen LogP contribution is 2.31. The molecule has 0 bridgehead atoms. The lowest BCUT2D eigenvalue weighted by Crippen LogP contribution is -2.35. The largest absolute Gasteiger partial charge is 0.457 e. The highest BCUT2D eigenvalue weighted by atomic mass is 16.5. The van der Waals surface area contributed by atoms with Crippen LogP contribution in [-0.2, 0) is 11.3 Å². The number of para-hydroxylation sites is 1. The van der Waals surface area contributed by atoms with Crippen molar-refractivity contribution >= 4 is 16.9 Å². The first-order valence-corrected chi connectivity index (χ1v) is 11.0. The summed E-state index contributed by atoms with van der Waals surface area (Å²) in [6.07, 6.45) is 3.67. The second kappa shape index (κ2) is 9.33. The Kier molecular flexibility index (Phi) is 5.94. The normalized spacial score (nSPS) is 14.2. The number of hydrogen-bond acceptors (Lipinski definition) is 6. The van der Waals surface area contributed by atoms with E-state index < -0.39 is 0 Å². The molecule has 1 N–H and O–H groups in total. The average Bonchev–Trinajstić information content (AvgIpc) is 3.17. The molecule has 1 saturated heterocycles. The fourth-order valence-electron chi connectivity index (χ4n) is 4.08. The van der Waals surface area contributed by atoms with Crippen molar-refractivity contribution in [2.75, 3.05) is 31.6 Å². The Morgan fingerprint density at radius 2 is 1.79 bits per heavy atom. The van der Waals surface area contributed by atoms with Gasteiger partial charge in [0.1, 0.15) is 17.6 Å². The zero-order valence-corrected chi connectivity index (χ0v) is 18.5. The van der Waals surface area contributed by atoms with E-state index in [0.29, 0.717) is 5.56 Å². The maximum Gasteiger partial charge on any atom is 0.127 e. The number of ether oxygens (including phenoxy) is 2. The number of aryl methyl sites for hydroxylation is 1. The van der Waals surface area contributed by atoms with Gasteiger partial charge in [-0.1, -0.05) is 18.2 Å². The Bertz CT molecular complexity index is 1290. The van der Waals surface area contributed by atoms with Crippen molar-refractivity contribution in [3.8, 4) is 17.6 Å². The SMILES string of the molecule is Cc1c(CN2CCOCC2)cn2ncc(C#N)c(Nc3ccc(Oc4ccccc4)cc3)c12. The number of fused-ring (bicyclic) bond motifs is 1. The summed E-state index contributed by atoms with van der Waals surface area (Å²) in [6.45, 7) is 6.30. The zero-order valence-electron chi connectivity index (χ0n) is 18.5. The molecule has 0 radical (unpaired) electrons. The monoisotopic (exact) mass is 439 g/mol. The number of aromatic nitrogens is 2. The van der Waals surface area contributed by atoms with E-state index in [4.69, 9.17) is 9.47 Å². The summed E-state index contributed by atoms with van der Waals surface area (Å²) in [5, 5.41) is 17.7. The minimum atomic E-state index is 0.506. The molecule has 7 nitrogen and oxygen atoms in total. The molecule has 0 spiro atoms. The Labute approximate surface area is 192 Å². The third-order valence-electron chi connectivity index (χ3n) is 5.88. The molecule has 166 valence electrons. The molecule has 0 saturated carbocycles. The standard InChI is InChI=1S/C26H25N5O2/c1-19-21(17-30-11-13-32-14-12-30)18-31-26(19)25(20(15-27)16-28-31)29-22-7-9-24(10-8-22)33-23-5-3-2-4-6-23/h2-10,16,18,29H,11-14,17H2,1H3. The molecule has 1 aliphatic rings. The van der Waals surface area contributed by atoms with Crippen molar-refractivity contribution in [2.45, 2.75) is 13.5 Å². The van der Waals surface area contributed by atoms with Crippen molar-refractivity contribution in [1.82, 2.24) is 14.5 Å². The van der Waals surface area contributed by atoms with Crippen LogP contribution in [0, 0.1) is 18.3 Å². The predicted octanol–water partition coefficient (Wildman–Crippen LogP) is 4.88. The topological polar surface area (TPSA) is 74.8 Å². The van der Waals surface area contributed by atoms with Crippen LogP contribution >= 0.6 is 0 Å². The molecule has 33 heavy (non-hydrogen) atoms. The lowest BCUT2D eigenvalue weighted by Gasteiger charge is -2.26. The molecule has 5 rings (SSSR count). The molecule has 7 heteroatoms. The maximum absolute atomic E-state index is 9.74. The number of morpholine rings is 1. The van der Waals surface area contributed by atoms with Gasteiger partial charge in [-0.25, -0.2) is 4.52 Å². The Balaban J connectivity index is 1.42. The fraction of sp³-hybridized carbons (Fsp3) is 0.231. The summed E-state index contributed by atoms with van der Waals surface area (Å²) in [5.74, 6) is 1.54. The summed E-state index contributed by atoms with van der Waals surface area (Å²) in [5.41, 5.74) is 5.38. The predicted molar refractivity (Wildman–Crippen MR) is 127 cm³/mol. The van der Waals surface area contributed by atoms with Gasteiger partial charge in [0.2, 0.25) is 0 Å². The maximum atomic E-state index is 9.74. The second-order valence-electron chi connectivity index (χ2n) is 8.07. The van der Waals surface area contributed by atoms with Crippen molar-refractivity contribution in [2.24, 2.45) is 0 Å². The van der Waals surface area contributed by atoms with Gasteiger partial charge >= 0.3 is 0 Å². The van der Waals surface area contributed by atoms with E-state index in [1.807, 2.05) is 59.1 Å². The molecule has 1 aliphatic heterocycles. The lowest BCUT2D eigenvalue weighted by molar-refractivity contribution is 0.0341. The van der Waals surface area contributed by atoms with E-state index in [2.05, 4.69) is 34.5 Å². The van der Waals surface area contributed by atoms with E-state index in [1.165, 1.54) is 5.56 Å². The first-order chi connectivity index (χ1) is 16.2. The van der Waals surface area contributed by atoms with Gasteiger partial charge in [0, 0.05) is 31.5 Å². The number of hydrogen-bond donors (Lipinski definition) is 1. The smallest absolute Gasteiger partial charge is 0.127 e. The van der Waals surface area contributed by atoms with E-state index in [1.54, 1.807) is 6.20 Å². The molecule has 1 fully saturated rings. The van der Waals surface area contributed by atoms with Crippen molar-refractivity contribution < 1.29 is 9.47 Å². The molecule has 2 aromatic carbocycles. The van der Waals surface area contributed by atoms with Crippen LogP contribution in [0.25, 0.3) is 5.52 Å². The summed E-state index contributed by atoms with van der Waals surface area (Å²) >= 11 is 0. The van der Waals surface area contributed by atoms with Crippen LogP contribution in [0.1, 0.15) is 16.7 Å². The Morgan fingerprint density at radius 3 is 2.52 bits per heavy atom. The molecular weight excluding hydrogens is 414 g/mol. The number of nitrogens with zero attached hydrogens (tertiary/aromatic N) is 4. The van der Waals surface area contributed by atoms with Crippen LogP contribution in [0.15, 0.2) is 67.0 Å². The fourth-order valence-corrected chi connectivity index (χ4v) is 4.08. The van der Waals surface area contributed by atoms with Crippen LogP contribution in [-0.4, -0.2) is 40.8 Å². The molecule has 2 aromatic heterocycles. The van der Waals surface area contributed by atoms with Gasteiger partial charge in [-0.2, -0.15) is 10.4 Å². The number of benzene rings is 2. The second-order valence-corrected chi connectivity index (χ2v) is 8.07. The Hall–Kier alpha value is -3.86. The van der Waals surface area contributed by atoms with Gasteiger partial charge in [-0.05, 0) is 54.4 Å². The summed E-state index contributed by atoms with van der Waals surface area (Å²) < 4.78 is 13.2. The quantitative estimate of drug-likeness (QED) is 0.461. The van der Waals surface area contributed by atoms with Crippen LogP contribution in [0.4, 0.5) is 11.4 Å². The Morgan fingerprint density at radius 1 is 1.06 bits per heavy atom. The first-order valence-electron chi connectivity index (χ1n) is 11.0. The van der Waals surface area contributed by atoms with E-state index in [9.17, 15) is 5.26 Å². The summed E-state index contributed by atoms with van der Waals surface area (Å²) in [4.78, 5) is 2.38. The van der Waals surface area contributed by atoms with Crippen molar-refractivity contribution in [3.63, 3.8) is 0 Å². The number of nitriles is 1. The summed E-state index contributed by atoms with van der Waals surface area (Å²) in [6, 6.07) is 19.7. The van der Waals surface area contributed by atoms with E-state index >= 15 is 0 Å². The molecule has 0 aliphatic carbocycles. The first kappa shape index (κ1) is 21.0. The average molecular weight is 440 g/mol. The van der Waals surface area contributed by atoms with Gasteiger partial charge < -0.3 is 14.8 Å². The third-order valence-corrected chi connectivity index (χ3v) is 5.88. The molecule has 4 aromatic rings. The molecular formula is C26H25N5O2. The number of anilines is 2. The third kappa shape index (κ3) is 4.53. The highest BCUT2D eigenvalue weighted by molar-refractivity contribution is 5.85. The van der Waals surface area contributed by atoms with E-state index in [-0.39, 0.29) is 0 Å². The van der Waals surface area contributed by atoms with Gasteiger partial charge in [0.05, 0.1) is 36.2 Å². The lowest BCUT2D eigenvalue weighted by atomic mass is 10.1. The minimum Gasteiger partial charge on any atom is -0.457 e. The number of nitrogens with one attached hydrogen (secondary N) is 1. The molecule has 0 amide bonds. The van der Waals surface area contributed by atoms with Crippen LogP contribution in [0.2, 0.25) is 0 Å². The van der Waals surface area contributed by atoms with Gasteiger partial charge in [0.15, 0.2) is 0 Å². The van der Waals surface area contributed by atoms with Crippen LogP contribution in [0.3, 0.4) is 0 Å². The van der Waals surface area contributed by atoms with Crippen molar-refractivity contribution in [3.05, 3.63) is 83.7 Å². The zero-order chi connectivity index (χ0) is 22.6. The summed E-state index contributed by atoms with van der Waals surface area (Å²) in [7, 11) is 0. The minimum absolute atomic E-state index is 0.506. The van der Waals surface area contributed by atoms with Gasteiger partial charge in [0.25, 0.3) is 0 Å². The molecule has 0 atom stereocenters. The molecule has 3 heterocycles. The van der Waals surface area contributed by atoms with Gasteiger partial charge in [-0.3, -0.25) is 4.90 Å². The highest BCUT2D eigenvalue weighted by Gasteiger charge is 2.18. The van der Waals surface area contributed by atoms with Crippen molar-refractivity contribution in [1.29, 1.82) is 5.26 Å². The van der Waals surface area contributed by atoms with E-state index in [0.717, 1.165) is 66.8 Å².